The monoisotopic (exact) mass is 419 g/mol. The molecule has 0 saturated heterocycles. The number of hydrogen-bond donors (Lipinski definition) is 0. The van der Waals surface area contributed by atoms with Crippen molar-refractivity contribution >= 4 is 46.0 Å². The van der Waals surface area contributed by atoms with Crippen LogP contribution in [0.1, 0.15) is 41.5 Å². The van der Waals surface area contributed by atoms with Gasteiger partial charge in [-0.05, 0) is 41.5 Å². The van der Waals surface area contributed by atoms with Crippen molar-refractivity contribution < 1.29 is 4.79 Å². The number of nitrogens with zero attached hydrogens (tertiary/aromatic N) is 3. The molecule has 1 unspecified atom stereocenters. The molecular formula is C19H37N3OS3. The quantitative estimate of drug-likeness (QED) is 0.411. The van der Waals surface area contributed by atoms with Crippen molar-refractivity contribution in [3.63, 3.8) is 0 Å². The highest BCUT2D eigenvalue weighted by molar-refractivity contribution is 8.22. The van der Waals surface area contributed by atoms with Gasteiger partial charge in [0.2, 0.25) is 5.91 Å². The van der Waals surface area contributed by atoms with E-state index in [-0.39, 0.29) is 11.8 Å². The zero-order valence-electron chi connectivity index (χ0n) is 17.4. The number of rotatable bonds is 13. The normalized spacial score (nSPS) is 11.8. The Morgan fingerprint density at radius 3 is 1.65 bits per heavy atom. The predicted octanol–water partition coefficient (Wildman–Crippen LogP) is 4.38. The summed E-state index contributed by atoms with van der Waals surface area (Å²) in [5.74, 6) is 1.65. The topological polar surface area (TPSA) is 26.8 Å². The van der Waals surface area contributed by atoms with Gasteiger partial charge in [0.1, 0.15) is 4.32 Å². The number of hydrogen-bond acceptors (Lipinski definition) is 5. The third-order valence-corrected chi connectivity index (χ3v) is 7.27. The van der Waals surface area contributed by atoms with Crippen LogP contribution in [0.3, 0.4) is 0 Å². The lowest BCUT2D eigenvalue weighted by Gasteiger charge is -2.28. The molecule has 1 atom stereocenters. The Morgan fingerprint density at radius 2 is 1.23 bits per heavy atom. The minimum Gasteiger partial charge on any atom is -0.367 e. The van der Waals surface area contributed by atoms with E-state index in [0.29, 0.717) is 0 Å². The van der Waals surface area contributed by atoms with Crippen LogP contribution in [0.2, 0.25) is 0 Å². The maximum Gasteiger partial charge on any atom is 0.227 e. The largest absolute Gasteiger partial charge is 0.367 e. The minimum atomic E-state index is -0.0503. The number of thiocarbonyl (C=S) groups is 1. The number of amides is 1. The molecule has 0 fully saturated rings. The molecule has 0 spiro atoms. The van der Waals surface area contributed by atoms with Gasteiger partial charge in [-0.25, -0.2) is 0 Å². The van der Waals surface area contributed by atoms with E-state index in [4.69, 9.17) is 12.2 Å². The second-order valence-electron chi connectivity index (χ2n) is 5.83. The number of thioether (sulfide) groups is 2. The molecule has 0 aliphatic carbocycles. The fourth-order valence-electron chi connectivity index (χ4n) is 2.59. The first kappa shape index (κ1) is 25.6. The maximum atomic E-state index is 12.9. The molecule has 0 aliphatic heterocycles. The van der Waals surface area contributed by atoms with E-state index >= 15 is 0 Å². The summed E-state index contributed by atoms with van der Waals surface area (Å²) in [4.78, 5) is 19.3. The first-order valence-corrected chi connectivity index (χ1v) is 12.0. The Hall–Kier alpha value is -0.400. The van der Waals surface area contributed by atoms with Crippen LogP contribution in [0, 0.1) is 5.92 Å². The van der Waals surface area contributed by atoms with Crippen LogP contribution in [-0.4, -0.2) is 75.7 Å². The Labute approximate surface area is 175 Å². The zero-order chi connectivity index (χ0) is 20.1. The lowest BCUT2D eigenvalue weighted by molar-refractivity contribution is -0.133. The molecule has 0 saturated carbocycles. The lowest BCUT2D eigenvalue weighted by Crippen LogP contribution is -2.38. The first-order valence-electron chi connectivity index (χ1n) is 9.66. The second-order valence-corrected chi connectivity index (χ2v) is 8.58. The van der Waals surface area contributed by atoms with Gasteiger partial charge in [0, 0.05) is 50.8 Å². The summed E-state index contributed by atoms with van der Waals surface area (Å²) in [6, 6.07) is 0. The van der Waals surface area contributed by atoms with E-state index in [1.54, 1.807) is 23.5 Å². The maximum absolute atomic E-state index is 12.9. The Morgan fingerprint density at radius 1 is 0.808 bits per heavy atom. The summed E-state index contributed by atoms with van der Waals surface area (Å²) in [6.07, 6.45) is 0. The van der Waals surface area contributed by atoms with Gasteiger partial charge >= 0.3 is 0 Å². The summed E-state index contributed by atoms with van der Waals surface area (Å²) in [6.45, 7) is 21.9. The first-order chi connectivity index (χ1) is 12.4. The molecule has 26 heavy (non-hydrogen) atoms. The van der Waals surface area contributed by atoms with E-state index in [1.807, 2.05) is 18.7 Å². The van der Waals surface area contributed by atoms with E-state index in [2.05, 4.69) is 44.1 Å². The highest BCUT2D eigenvalue weighted by Gasteiger charge is 2.24. The van der Waals surface area contributed by atoms with Crippen LogP contribution in [0.4, 0.5) is 0 Å². The molecule has 152 valence electrons. The number of carbonyl (C=O) groups is 1. The molecule has 1 amide bonds. The molecule has 0 aromatic rings. The fraction of sp³-hybridized carbons (Fsp3) is 0.789. The van der Waals surface area contributed by atoms with E-state index < -0.39 is 0 Å². The molecule has 0 N–H and O–H groups in total. The molecule has 0 bridgehead atoms. The lowest BCUT2D eigenvalue weighted by atomic mass is 10.2. The van der Waals surface area contributed by atoms with E-state index in [0.717, 1.165) is 60.1 Å². The Bertz CT molecular complexity index is 406. The van der Waals surface area contributed by atoms with Gasteiger partial charge in [-0.2, -0.15) is 0 Å². The van der Waals surface area contributed by atoms with Crippen molar-refractivity contribution in [2.75, 3.05) is 50.8 Å². The molecule has 0 aromatic carbocycles. The molecule has 0 heterocycles. The summed E-state index contributed by atoms with van der Waals surface area (Å²) in [5.41, 5.74) is 0. The molecule has 0 rings (SSSR count). The van der Waals surface area contributed by atoms with Crippen LogP contribution in [-0.2, 0) is 4.79 Å². The smallest absolute Gasteiger partial charge is 0.227 e. The molecule has 7 heteroatoms. The Kier molecular flexibility index (Phi) is 14.4. The van der Waals surface area contributed by atoms with Gasteiger partial charge in [0.25, 0.3) is 0 Å². The van der Waals surface area contributed by atoms with Crippen molar-refractivity contribution in [1.82, 2.24) is 14.7 Å². The average Bonchev–Trinajstić information content (AvgIpc) is 2.64. The summed E-state index contributed by atoms with van der Waals surface area (Å²) >= 11 is 8.87. The fourth-order valence-corrected chi connectivity index (χ4v) is 5.34. The van der Waals surface area contributed by atoms with Crippen molar-refractivity contribution in [1.29, 1.82) is 0 Å². The minimum absolute atomic E-state index is 0.0503. The van der Waals surface area contributed by atoms with Crippen LogP contribution >= 0.6 is 35.7 Å². The van der Waals surface area contributed by atoms with Crippen molar-refractivity contribution in [3.8, 4) is 0 Å². The van der Waals surface area contributed by atoms with E-state index in [9.17, 15) is 4.79 Å². The van der Waals surface area contributed by atoms with Crippen molar-refractivity contribution in [2.45, 2.75) is 41.5 Å². The van der Waals surface area contributed by atoms with Gasteiger partial charge in [-0.15, -0.1) is 11.8 Å². The molecule has 4 nitrogen and oxygen atoms in total. The number of carbonyl (C=O) groups excluding carboxylic acids is 1. The standard InChI is InChI=1S/C19H37N3OS3/c1-8-20(9-2)16(7)25-14-17(18(23)21(10-3)11-4)15-26-19(24)22(12-5)13-6/h17H,7-15H2,1-6H3. The Balaban J connectivity index is 4.98. The predicted molar refractivity (Wildman–Crippen MR) is 124 cm³/mol. The van der Waals surface area contributed by atoms with Gasteiger partial charge in [-0.3, -0.25) is 4.79 Å². The molecule has 0 aliphatic rings. The van der Waals surface area contributed by atoms with Crippen LogP contribution in [0.5, 0.6) is 0 Å². The van der Waals surface area contributed by atoms with Crippen LogP contribution in [0.25, 0.3) is 0 Å². The summed E-state index contributed by atoms with van der Waals surface area (Å²) in [7, 11) is 0. The average molecular weight is 420 g/mol. The van der Waals surface area contributed by atoms with Gasteiger partial charge in [-0.1, -0.05) is 30.6 Å². The van der Waals surface area contributed by atoms with Crippen molar-refractivity contribution in [2.24, 2.45) is 5.92 Å². The SMILES string of the molecule is C=C(SCC(CSC(=S)N(CC)CC)C(=O)N(CC)CC)N(CC)CC. The van der Waals surface area contributed by atoms with Crippen LogP contribution < -0.4 is 0 Å². The third kappa shape index (κ3) is 8.53. The molecule has 0 aromatic heterocycles. The third-order valence-electron chi connectivity index (χ3n) is 4.42. The zero-order valence-corrected chi connectivity index (χ0v) is 19.9. The highest BCUT2D eigenvalue weighted by atomic mass is 32.2. The van der Waals surface area contributed by atoms with Crippen LogP contribution in [0.15, 0.2) is 11.6 Å². The second kappa shape index (κ2) is 14.6. The highest BCUT2D eigenvalue weighted by Crippen LogP contribution is 2.25. The van der Waals surface area contributed by atoms with Gasteiger partial charge in [0.05, 0.1) is 10.9 Å². The summed E-state index contributed by atoms with van der Waals surface area (Å²) in [5, 5.41) is 1.05. The van der Waals surface area contributed by atoms with Crippen molar-refractivity contribution in [3.05, 3.63) is 11.6 Å². The summed E-state index contributed by atoms with van der Waals surface area (Å²) < 4.78 is 0.889. The van der Waals surface area contributed by atoms with Gasteiger partial charge in [0.15, 0.2) is 0 Å². The molecular weight excluding hydrogens is 382 g/mol. The molecule has 0 radical (unpaired) electrons. The van der Waals surface area contributed by atoms with E-state index in [1.165, 1.54) is 0 Å². The van der Waals surface area contributed by atoms with Gasteiger partial charge < -0.3 is 14.7 Å².